The predicted molar refractivity (Wildman–Crippen MR) is 98.8 cm³/mol. The van der Waals surface area contributed by atoms with Crippen LogP contribution >= 0.6 is 0 Å². The van der Waals surface area contributed by atoms with Gasteiger partial charge in [-0.15, -0.1) is 0 Å². The molecule has 4 heteroatoms. The highest BCUT2D eigenvalue weighted by Crippen LogP contribution is 2.24. The Bertz CT molecular complexity index is 575. The molecule has 0 bridgehead atoms. The van der Waals surface area contributed by atoms with Crippen molar-refractivity contribution < 1.29 is 9.18 Å². The van der Waals surface area contributed by atoms with Crippen molar-refractivity contribution in [3.05, 3.63) is 35.6 Å². The lowest BCUT2D eigenvalue weighted by atomic mass is 9.89. The maximum atomic E-state index is 13.3. The number of hydrogen-bond acceptors (Lipinski definition) is 2. The summed E-state index contributed by atoms with van der Waals surface area (Å²) in [5.74, 6) is 1.49. The minimum atomic E-state index is -0.148. The van der Waals surface area contributed by atoms with Gasteiger partial charge >= 0.3 is 0 Å². The van der Waals surface area contributed by atoms with E-state index in [1.165, 1.54) is 6.07 Å². The highest BCUT2D eigenvalue weighted by atomic mass is 19.1. The number of carbonyl (C=O) groups is 1. The molecule has 1 aromatic carbocycles. The van der Waals surface area contributed by atoms with Gasteiger partial charge in [-0.3, -0.25) is 9.69 Å². The van der Waals surface area contributed by atoms with Crippen LogP contribution in [0.5, 0.6) is 0 Å². The topological polar surface area (TPSA) is 23.6 Å². The third-order valence-electron chi connectivity index (χ3n) is 6.06. The molecule has 0 unspecified atom stereocenters. The van der Waals surface area contributed by atoms with Crippen molar-refractivity contribution in [1.82, 2.24) is 9.80 Å². The third kappa shape index (κ3) is 4.81. The van der Waals surface area contributed by atoms with Gasteiger partial charge in [0.05, 0.1) is 6.04 Å². The Kier molecular flexibility index (Phi) is 6.10. The van der Waals surface area contributed by atoms with Gasteiger partial charge in [0.2, 0.25) is 5.91 Å². The summed E-state index contributed by atoms with van der Waals surface area (Å²) in [6.45, 7) is 8.11. The van der Waals surface area contributed by atoms with E-state index in [2.05, 4.69) is 23.6 Å². The average Bonchev–Trinajstić information content (AvgIpc) is 2.62. The largest absolute Gasteiger partial charge is 0.341 e. The summed E-state index contributed by atoms with van der Waals surface area (Å²) in [5, 5.41) is 0. The summed E-state index contributed by atoms with van der Waals surface area (Å²) in [7, 11) is 0. The number of likely N-dealkylation sites (tertiary alicyclic amines) is 2. The van der Waals surface area contributed by atoms with Gasteiger partial charge in [0.1, 0.15) is 5.82 Å². The second kappa shape index (κ2) is 8.31. The Hall–Kier alpha value is -1.42. The fourth-order valence-corrected chi connectivity index (χ4v) is 4.19. The van der Waals surface area contributed by atoms with Gasteiger partial charge in [-0.2, -0.15) is 0 Å². The zero-order valence-electron chi connectivity index (χ0n) is 15.6. The van der Waals surface area contributed by atoms with E-state index in [1.54, 1.807) is 12.1 Å². The first kappa shape index (κ1) is 18.4. The van der Waals surface area contributed by atoms with Crippen LogP contribution in [0, 0.1) is 17.7 Å². The molecule has 138 valence electrons. The molecule has 0 aromatic heterocycles. The second-order valence-electron chi connectivity index (χ2n) is 8.00. The lowest BCUT2D eigenvalue weighted by Crippen LogP contribution is -2.51. The summed E-state index contributed by atoms with van der Waals surface area (Å²) in [6.07, 6.45) is 5.39. The van der Waals surface area contributed by atoms with Crippen molar-refractivity contribution in [2.75, 3.05) is 26.2 Å². The van der Waals surface area contributed by atoms with Gasteiger partial charge in [-0.1, -0.05) is 19.1 Å². The van der Waals surface area contributed by atoms with Crippen LogP contribution in [-0.2, 0) is 11.2 Å². The number of carbonyl (C=O) groups excluding carboxylic acids is 1. The Morgan fingerprint density at radius 3 is 2.48 bits per heavy atom. The third-order valence-corrected chi connectivity index (χ3v) is 6.06. The number of hydrogen-bond donors (Lipinski definition) is 0. The Morgan fingerprint density at radius 1 is 1.16 bits per heavy atom. The summed E-state index contributed by atoms with van der Waals surface area (Å²) in [5.41, 5.74) is 1.09. The predicted octanol–water partition coefficient (Wildman–Crippen LogP) is 3.73. The van der Waals surface area contributed by atoms with E-state index in [9.17, 15) is 9.18 Å². The molecule has 1 atom stereocenters. The molecular formula is C21H31FN2O. The van der Waals surface area contributed by atoms with Crippen LogP contribution in [0.2, 0.25) is 0 Å². The summed E-state index contributed by atoms with van der Waals surface area (Å²) in [4.78, 5) is 17.2. The molecular weight excluding hydrogens is 315 g/mol. The molecule has 0 N–H and O–H groups in total. The van der Waals surface area contributed by atoms with Crippen molar-refractivity contribution in [2.24, 2.45) is 11.8 Å². The number of halogens is 1. The van der Waals surface area contributed by atoms with E-state index in [0.717, 1.165) is 69.8 Å². The lowest BCUT2D eigenvalue weighted by molar-refractivity contribution is -0.138. The molecule has 1 amide bonds. The molecule has 3 rings (SSSR count). The van der Waals surface area contributed by atoms with E-state index >= 15 is 0 Å². The fourth-order valence-electron chi connectivity index (χ4n) is 4.19. The van der Waals surface area contributed by atoms with Crippen LogP contribution in [0.25, 0.3) is 0 Å². The summed E-state index contributed by atoms with van der Waals surface area (Å²) < 4.78 is 13.3. The first-order chi connectivity index (χ1) is 12.0. The van der Waals surface area contributed by atoms with E-state index in [0.29, 0.717) is 11.8 Å². The van der Waals surface area contributed by atoms with Crippen LogP contribution < -0.4 is 0 Å². The van der Waals surface area contributed by atoms with Crippen molar-refractivity contribution in [3.8, 4) is 0 Å². The van der Waals surface area contributed by atoms with Gasteiger partial charge in [-0.25, -0.2) is 4.39 Å². The average molecular weight is 346 g/mol. The molecule has 1 aromatic rings. The number of benzene rings is 1. The Balaban J connectivity index is 1.47. The second-order valence-corrected chi connectivity index (χ2v) is 8.00. The van der Waals surface area contributed by atoms with Crippen molar-refractivity contribution in [2.45, 2.75) is 52.0 Å². The van der Waals surface area contributed by atoms with Gasteiger partial charge in [0.15, 0.2) is 0 Å². The lowest BCUT2D eigenvalue weighted by Gasteiger charge is -2.39. The molecule has 0 spiro atoms. The maximum Gasteiger partial charge on any atom is 0.239 e. The molecule has 2 heterocycles. The van der Waals surface area contributed by atoms with Gasteiger partial charge < -0.3 is 4.90 Å². The molecule has 0 aliphatic carbocycles. The smallest absolute Gasteiger partial charge is 0.239 e. The molecule has 25 heavy (non-hydrogen) atoms. The van der Waals surface area contributed by atoms with Gasteiger partial charge in [-0.05, 0) is 81.6 Å². The SMILES string of the molecule is CC1CCN(C(=O)[C@@H](C)N2CCC(Cc3cccc(F)c3)CC2)CC1. The number of piperidine rings is 2. The van der Waals surface area contributed by atoms with E-state index in [4.69, 9.17) is 0 Å². The highest BCUT2D eigenvalue weighted by Gasteiger charge is 2.30. The van der Waals surface area contributed by atoms with Crippen molar-refractivity contribution in [3.63, 3.8) is 0 Å². The van der Waals surface area contributed by atoms with E-state index < -0.39 is 0 Å². The number of amides is 1. The quantitative estimate of drug-likeness (QED) is 0.829. The molecule has 2 saturated heterocycles. The molecule has 0 saturated carbocycles. The molecule has 2 aliphatic rings. The fraction of sp³-hybridized carbons (Fsp3) is 0.667. The molecule has 0 radical (unpaired) electrons. The van der Waals surface area contributed by atoms with E-state index in [-0.39, 0.29) is 11.9 Å². The van der Waals surface area contributed by atoms with Crippen molar-refractivity contribution >= 4 is 5.91 Å². The number of rotatable bonds is 4. The number of nitrogens with zero attached hydrogens (tertiary/aromatic N) is 2. The normalized spacial score (nSPS) is 22.1. The van der Waals surface area contributed by atoms with E-state index in [1.807, 2.05) is 6.07 Å². The minimum Gasteiger partial charge on any atom is -0.341 e. The zero-order valence-corrected chi connectivity index (χ0v) is 15.6. The summed E-state index contributed by atoms with van der Waals surface area (Å²) in [6, 6.07) is 6.94. The van der Waals surface area contributed by atoms with Crippen LogP contribution in [0.3, 0.4) is 0 Å². The molecule has 2 aliphatic heterocycles. The van der Waals surface area contributed by atoms with Crippen LogP contribution in [0.15, 0.2) is 24.3 Å². The monoisotopic (exact) mass is 346 g/mol. The first-order valence-corrected chi connectivity index (χ1v) is 9.80. The molecule has 2 fully saturated rings. The van der Waals surface area contributed by atoms with Crippen LogP contribution in [0.1, 0.15) is 45.1 Å². The van der Waals surface area contributed by atoms with Crippen molar-refractivity contribution in [1.29, 1.82) is 0 Å². The van der Waals surface area contributed by atoms with Gasteiger partial charge in [0, 0.05) is 13.1 Å². The zero-order chi connectivity index (χ0) is 17.8. The van der Waals surface area contributed by atoms with Crippen LogP contribution in [0.4, 0.5) is 4.39 Å². The minimum absolute atomic E-state index is 0.0106. The standard InChI is InChI=1S/C21H31FN2O/c1-16-6-10-24(11-7-16)21(25)17(2)23-12-8-18(9-13-23)14-19-4-3-5-20(22)15-19/h3-5,15-18H,6-14H2,1-2H3/t17-/m1/s1. The molecule has 3 nitrogen and oxygen atoms in total. The van der Waals surface area contributed by atoms with Gasteiger partial charge in [0.25, 0.3) is 0 Å². The summed E-state index contributed by atoms with van der Waals surface area (Å²) >= 11 is 0. The first-order valence-electron chi connectivity index (χ1n) is 9.80. The highest BCUT2D eigenvalue weighted by molar-refractivity contribution is 5.81. The van der Waals surface area contributed by atoms with Crippen LogP contribution in [-0.4, -0.2) is 47.9 Å². The Morgan fingerprint density at radius 2 is 1.84 bits per heavy atom. The maximum absolute atomic E-state index is 13.3. The Labute approximate surface area is 151 Å².